The molecule has 3 aromatic rings. The van der Waals surface area contributed by atoms with Crippen LogP contribution in [0.25, 0.3) is 6.08 Å². The van der Waals surface area contributed by atoms with Gasteiger partial charge in [-0.25, -0.2) is 9.69 Å². The van der Waals surface area contributed by atoms with Gasteiger partial charge in [0.2, 0.25) is 0 Å². The second-order valence-electron chi connectivity index (χ2n) is 8.26. The summed E-state index contributed by atoms with van der Waals surface area (Å²) < 4.78 is 18.0. The molecule has 9 heteroatoms. The Balaban J connectivity index is 1.48. The number of benzene rings is 3. The van der Waals surface area contributed by atoms with Crippen LogP contribution in [-0.2, 0) is 9.59 Å². The number of hydrogen-bond acceptors (Lipinski definition) is 6. The summed E-state index contributed by atoms with van der Waals surface area (Å²) in [7, 11) is 1.50. The maximum atomic E-state index is 13.1. The number of rotatable bonds is 8. The van der Waals surface area contributed by atoms with Gasteiger partial charge in [0.1, 0.15) is 24.5 Å². The van der Waals surface area contributed by atoms with Gasteiger partial charge in [-0.05, 0) is 73.0 Å². The SMILES string of the molecule is COc1cc(C=C2C(=O)NC(=O)N(c3ccc(Br)cc3)C2=O)ccc1OCCOc1c(C)cccc1C. The minimum Gasteiger partial charge on any atom is -0.493 e. The number of aryl methyl sites for hydroxylation is 2. The molecule has 37 heavy (non-hydrogen) atoms. The summed E-state index contributed by atoms with van der Waals surface area (Å²) in [5.41, 5.74) is 2.79. The molecule has 0 aromatic heterocycles. The molecule has 4 rings (SSSR count). The Bertz CT molecular complexity index is 1360. The molecule has 0 saturated carbocycles. The maximum absolute atomic E-state index is 13.1. The van der Waals surface area contributed by atoms with Gasteiger partial charge in [0.15, 0.2) is 11.5 Å². The number of amides is 4. The molecule has 0 aliphatic carbocycles. The van der Waals surface area contributed by atoms with Gasteiger partial charge in [-0.3, -0.25) is 14.9 Å². The number of methoxy groups -OCH3 is 1. The van der Waals surface area contributed by atoms with E-state index in [2.05, 4.69) is 21.2 Å². The van der Waals surface area contributed by atoms with E-state index < -0.39 is 17.8 Å². The van der Waals surface area contributed by atoms with Crippen molar-refractivity contribution in [2.75, 3.05) is 25.2 Å². The highest BCUT2D eigenvalue weighted by Gasteiger charge is 2.36. The molecule has 1 heterocycles. The number of anilines is 1. The van der Waals surface area contributed by atoms with E-state index in [-0.39, 0.29) is 12.2 Å². The van der Waals surface area contributed by atoms with Crippen LogP contribution in [0.2, 0.25) is 0 Å². The van der Waals surface area contributed by atoms with Crippen molar-refractivity contribution in [3.8, 4) is 17.2 Å². The van der Waals surface area contributed by atoms with Gasteiger partial charge in [-0.2, -0.15) is 0 Å². The summed E-state index contributed by atoms with van der Waals surface area (Å²) in [5, 5.41) is 2.22. The maximum Gasteiger partial charge on any atom is 0.335 e. The van der Waals surface area contributed by atoms with E-state index in [0.29, 0.717) is 29.4 Å². The highest BCUT2D eigenvalue weighted by Crippen LogP contribution is 2.30. The van der Waals surface area contributed by atoms with E-state index >= 15 is 0 Å². The van der Waals surface area contributed by atoms with E-state index in [0.717, 1.165) is 26.2 Å². The Morgan fingerprint density at radius 3 is 2.24 bits per heavy atom. The van der Waals surface area contributed by atoms with E-state index in [1.165, 1.54) is 13.2 Å². The number of hydrogen-bond donors (Lipinski definition) is 1. The van der Waals surface area contributed by atoms with Crippen LogP contribution in [0.3, 0.4) is 0 Å². The second kappa shape index (κ2) is 11.3. The summed E-state index contributed by atoms with van der Waals surface area (Å²) in [6.07, 6.45) is 1.41. The van der Waals surface area contributed by atoms with Gasteiger partial charge in [0.25, 0.3) is 11.8 Å². The van der Waals surface area contributed by atoms with Gasteiger partial charge in [-0.15, -0.1) is 0 Å². The molecular formula is C28H25BrN2O6. The minimum absolute atomic E-state index is 0.180. The molecule has 1 saturated heterocycles. The second-order valence-corrected chi connectivity index (χ2v) is 9.18. The molecule has 3 aromatic carbocycles. The zero-order valence-electron chi connectivity index (χ0n) is 20.5. The fraction of sp³-hybridized carbons (Fsp3) is 0.179. The molecule has 0 unspecified atom stereocenters. The minimum atomic E-state index is -0.807. The fourth-order valence-corrected chi connectivity index (χ4v) is 4.13. The normalized spacial score (nSPS) is 14.5. The molecule has 1 fully saturated rings. The Labute approximate surface area is 223 Å². The van der Waals surface area contributed by atoms with Crippen molar-refractivity contribution in [1.82, 2.24) is 5.32 Å². The van der Waals surface area contributed by atoms with Crippen molar-refractivity contribution in [1.29, 1.82) is 0 Å². The molecule has 4 amide bonds. The molecule has 1 N–H and O–H groups in total. The fourth-order valence-electron chi connectivity index (χ4n) is 3.86. The predicted octanol–water partition coefficient (Wildman–Crippen LogP) is 5.20. The van der Waals surface area contributed by atoms with Crippen molar-refractivity contribution in [3.63, 3.8) is 0 Å². The van der Waals surface area contributed by atoms with E-state index in [4.69, 9.17) is 14.2 Å². The van der Waals surface area contributed by atoms with Gasteiger partial charge >= 0.3 is 6.03 Å². The van der Waals surface area contributed by atoms with Crippen molar-refractivity contribution in [2.45, 2.75) is 13.8 Å². The largest absolute Gasteiger partial charge is 0.493 e. The number of nitrogens with zero attached hydrogens (tertiary/aromatic N) is 1. The predicted molar refractivity (Wildman–Crippen MR) is 143 cm³/mol. The zero-order chi connectivity index (χ0) is 26.5. The zero-order valence-corrected chi connectivity index (χ0v) is 22.1. The van der Waals surface area contributed by atoms with E-state index in [1.807, 2.05) is 32.0 Å². The third-order valence-corrected chi connectivity index (χ3v) is 6.21. The average molecular weight is 565 g/mol. The smallest absolute Gasteiger partial charge is 0.335 e. The van der Waals surface area contributed by atoms with Crippen LogP contribution >= 0.6 is 15.9 Å². The number of imide groups is 2. The van der Waals surface area contributed by atoms with Crippen LogP contribution in [0.1, 0.15) is 16.7 Å². The van der Waals surface area contributed by atoms with Crippen molar-refractivity contribution >= 4 is 45.5 Å². The highest BCUT2D eigenvalue weighted by atomic mass is 79.9. The summed E-state index contributed by atoms with van der Waals surface area (Å²) >= 11 is 3.32. The number of carbonyl (C=O) groups excluding carboxylic acids is 3. The molecule has 0 radical (unpaired) electrons. The summed E-state index contributed by atoms with van der Waals surface area (Å²) in [6, 6.07) is 16.8. The number of barbiturate groups is 1. The number of urea groups is 1. The summed E-state index contributed by atoms with van der Waals surface area (Å²) in [6.45, 7) is 4.61. The third kappa shape index (κ3) is 5.83. The number of ether oxygens (including phenoxy) is 3. The summed E-state index contributed by atoms with van der Waals surface area (Å²) in [4.78, 5) is 38.9. The number of nitrogens with one attached hydrogen (secondary N) is 1. The van der Waals surface area contributed by atoms with Gasteiger partial charge in [-0.1, -0.05) is 40.2 Å². The van der Waals surface area contributed by atoms with Gasteiger partial charge < -0.3 is 14.2 Å². The average Bonchev–Trinajstić information content (AvgIpc) is 2.87. The number of para-hydroxylation sites is 1. The first-order valence-electron chi connectivity index (χ1n) is 11.5. The topological polar surface area (TPSA) is 94.2 Å². The Morgan fingerprint density at radius 2 is 1.57 bits per heavy atom. The summed E-state index contributed by atoms with van der Waals surface area (Å²) in [5.74, 6) is 0.253. The van der Waals surface area contributed by atoms with Crippen LogP contribution in [0.4, 0.5) is 10.5 Å². The first-order valence-corrected chi connectivity index (χ1v) is 12.2. The Morgan fingerprint density at radius 1 is 0.892 bits per heavy atom. The third-order valence-electron chi connectivity index (χ3n) is 5.68. The molecular weight excluding hydrogens is 540 g/mol. The van der Waals surface area contributed by atoms with Crippen LogP contribution < -0.4 is 24.4 Å². The quantitative estimate of drug-likeness (QED) is 0.229. The molecule has 8 nitrogen and oxygen atoms in total. The van der Waals surface area contributed by atoms with Crippen molar-refractivity contribution in [2.24, 2.45) is 0 Å². The van der Waals surface area contributed by atoms with Crippen molar-refractivity contribution < 1.29 is 28.6 Å². The molecule has 1 aliphatic rings. The molecule has 1 aliphatic heterocycles. The Kier molecular flexibility index (Phi) is 7.93. The van der Waals surface area contributed by atoms with E-state index in [1.54, 1.807) is 42.5 Å². The van der Waals surface area contributed by atoms with Crippen LogP contribution in [0.15, 0.2) is 70.7 Å². The molecule has 0 atom stereocenters. The van der Waals surface area contributed by atoms with Gasteiger partial charge in [0.05, 0.1) is 12.8 Å². The van der Waals surface area contributed by atoms with Crippen molar-refractivity contribution in [3.05, 3.63) is 87.4 Å². The molecule has 190 valence electrons. The lowest BCUT2D eigenvalue weighted by Crippen LogP contribution is -2.54. The first kappa shape index (κ1) is 26.0. The molecule has 0 spiro atoms. The Hall–Kier alpha value is -4.11. The van der Waals surface area contributed by atoms with Crippen LogP contribution in [-0.4, -0.2) is 38.2 Å². The lowest BCUT2D eigenvalue weighted by molar-refractivity contribution is -0.122. The number of carbonyl (C=O) groups is 3. The van der Waals surface area contributed by atoms with Crippen LogP contribution in [0, 0.1) is 13.8 Å². The van der Waals surface area contributed by atoms with E-state index in [9.17, 15) is 14.4 Å². The first-order chi connectivity index (χ1) is 17.8. The standard InChI is InChI=1S/C28H25BrN2O6/c1-17-5-4-6-18(2)25(17)37-14-13-36-23-12-7-19(16-24(23)35-3)15-22-26(32)30-28(34)31(27(22)33)21-10-8-20(29)9-11-21/h4-12,15-16H,13-14H2,1-3H3,(H,30,32,34). The monoisotopic (exact) mass is 564 g/mol. The lowest BCUT2D eigenvalue weighted by atomic mass is 10.1. The van der Waals surface area contributed by atoms with Gasteiger partial charge in [0, 0.05) is 4.47 Å². The lowest BCUT2D eigenvalue weighted by Gasteiger charge is -2.26. The highest BCUT2D eigenvalue weighted by molar-refractivity contribution is 9.10. The van der Waals surface area contributed by atoms with Crippen LogP contribution in [0.5, 0.6) is 17.2 Å². The molecule has 0 bridgehead atoms. The number of halogens is 1.